The SMILES string of the molecule is C[C@@H](NC(=O)COc1ncc(C(F)(F)F)cc1Cl)[C@@H]1C[C@H]2CC[C@H]1C2. The van der Waals surface area contributed by atoms with Crippen molar-refractivity contribution in [1.82, 2.24) is 10.3 Å². The monoisotopic (exact) mass is 376 g/mol. The maximum absolute atomic E-state index is 12.6. The van der Waals surface area contributed by atoms with E-state index in [-0.39, 0.29) is 29.5 Å². The van der Waals surface area contributed by atoms with E-state index in [1.165, 1.54) is 19.3 Å². The molecule has 25 heavy (non-hydrogen) atoms. The molecule has 4 atom stereocenters. The molecule has 1 heterocycles. The van der Waals surface area contributed by atoms with Gasteiger partial charge in [-0.2, -0.15) is 13.2 Å². The van der Waals surface area contributed by atoms with Crippen LogP contribution < -0.4 is 10.1 Å². The number of ether oxygens (including phenoxy) is 1. The van der Waals surface area contributed by atoms with Crippen molar-refractivity contribution in [2.75, 3.05) is 6.61 Å². The lowest BCUT2D eigenvalue weighted by Gasteiger charge is -2.28. The van der Waals surface area contributed by atoms with E-state index in [2.05, 4.69) is 10.3 Å². The standard InChI is InChI=1S/C17H20ClF3N2O2/c1-9(13-5-10-2-3-11(13)4-10)23-15(24)8-25-16-14(18)6-12(7-22-16)17(19,20)21/h6-7,9-11,13H,2-5,8H2,1H3,(H,23,24)/t9-,10+,11+,13+/m1/s1. The van der Waals surface area contributed by atoms with Gasteiger partial charge in [0.25, 0.3) is 5.91 Å². The molecule has 0 saturated heterocycles. The van der Waals surface area contributed by atoms with Gasteiger partial charge < -0.3 is 10.1 Å². The number of hydrogen-bond acceptors (Lipinski definition) is 3. The first-order valence-electron chi connectivity index (χ1n) is 8.39. The van der Waals surface area contributed by atoms with E-state index in [1.54, 1.807) is 0 Å². The molecular weight excluding hydrogens is 357 g/mol. The number of nitrogens with one attached hydrogen (secondary N) is 1. The number of rotatable bonds is 5. The smallest absolute Gasteiger partial charge is 0.417 e. The van der Waals surface area contributed by atoms with E-state index in [9.17, 15) is 18.0 Å². The summed E-state index contributed by atoms with van der Waals surface area (Å²) in [5.74, 6) is 1.47. The molecule has 2 bridgehead atoms. The first-order valence-corrected chi connectivity index (χ1v) is 8.76. The Bertz CT molecular complexity index is 653. The first-order chi connectivity index (χ1) is 11.7. The lowest BCUT2D eigenvalue weighted by Crippen LogP contribution is -2.42. The van der Waals surface area contributed by atoms with Gasteiger partial charge in [0.15, 0.2) is 6.61 Å². The van der Waals surface area contributed by atoms with Crippen molar-refractivity contribution in [1.29, 1.82) is 0 Å². The fourth-order valence-corrected chi connectivity index (χ4v) is 4.35. The third kappa shape index (κ3) is 4.19. The second-order valence-electron chi connectivity index (χ2n) is 6.99. The van der Waals surface area contributed by atoms with Gasteiger partial charge in [-0.3, -0.25) is 4.79 Å². The number of pyridine rings is 1. The molecule has 2 aliphatic carbocycles. The molecule has 1 amide bonds. The van der Waals surface area contributed by atoms with E-state index in [1.807, 2.05) is 6.92 Å². The van der Waals surface area contributed by atoms with Crippen molar-refractivity contribution in [3.05, 3.63) is 22.8 Å². The summed E-state index contributed by atoms with van der Waals surface area (Å²) in [6.45, 7) is 1.66. The van der Waals surface area contributed by atoms with Gasteiger partial charge in [-0.1, -0.05) is 18.0 Å². The van der Waals surface area contributed by atoms with Gasteiger partial charge in [0.2, 0.25) is 5.88 Å². The van der Waals surface area contributed by atoms with E-state index >= 15 is 0 Å². The maximum Gasteiger partial charge on any atom is 0.417 e. The summed E-state index contributed by atoms with van der Waals surface area (Å²) in [6, 6.07) is 0.794. The normalized spacial score (nSPS) is 26.5. The number of alkyl halides is 3. The summed E-state index contributed by atoms with van der Waals surface area (Å²) < 4.78 is 42.9. The van der Waals surface area contributed by atoms with Crippen molar-refractivity contribution in [2.45, 2.75) is 44.8 Å². The minimum atomic E-state index is -4.53. The molecule has 1 aromatic rings. The number of hydrogen-bond donors (Lipinski definition) is 1. The molecule has 0 unspecified atom stereocenters. The number of carbonyl (C=O) groups is 1. The largest absolute Gasteiger partial charge is 0.467 e. The topological polar surface area (TPSA) is 51.2 Å². The van der Waals surface area contributed by atoms with Crippen molar-refractivity contribution >= 4 is 17.5 Å². The minimum absolute atomic E-state index is 0.0578. The Labute approximate surface area is 149 Å². The van der Waals surface area contributed by atoms with Crippen LogP contribution in [0.2, 0.25) is 5.02 Å². The van der Waals surface area contributed by atoms with Crippen LogP contribution in [-0.2, 0) is 11.0 Å². The zero-order valence-corrected chi connectivity index (χ0v) is 14.5. The van der Waals surface area contributed by atoms with Gasteiger partial charge in [0.05, 0.1) is 5.56 Å². The van der Waals surface area contributed by atoms with Gasteiger partial charge in [-0.05, 0) is 50.0 Å². The average molecular weight is 377 g/mol. The molecule has 2 fully saturated rings. The lowest BCUT2D eigenvalue weighted by atomic mass is 9.84. The highest BCUT2D eigenvalue weighted by molar-refractivity contribution is 6.31. The van der Waals surface area contributed by atoms with E-state index < -0.39 is 11.7 Å². The van der Waals surface area contributed by atoms with Crippen LogP contribution in [0.25, 0.3) is 0 Å². The summed E-state index contributed by atoms with van der Waals surface area (Å²) in [6.07, 6.45) is 1.05. The highest BCUT2D eigenvalue weighted by Gasteiger charge is 2.42. The van der Waals surface area contributed by atoms with Crippen LogP contribution in [0, 0.1) is 17.8 Å². The summed E-state index contributed by atoms with van der Waals surface area (Å²) in [7, 11) is 0. The molecule has 2 saturated carbocycles. The molecule has 1 aromatic heterocycles. The highest BCUT2D eigenvalue weighted by atomic mass is 35.5. The zero-order chi connectivity index (χ0) is 18.2. The van der Waals surface area contributed by atoms with Crippen LogP contribution in [0.4, 0.5) is 13.2 Å². The summed E-state index contributed by atoms with van der Waals surface area (Å²) in [4.78, 5) is 15.6. The fraction of sp³-hybridized carbons (Fsp3) is 0.647. The lowest BCUT2D eigenvalue weighted by molar-refractivity contribution is -0.138. The molecule has 138 valence electrons. The Morgan fingerprint density at radius 1 is 1.44 bits per heavy atom. The molecule has 0 aliphatic heterocycles. The summed E-state index contributed by atoms with van der Waals surface area (Å²) in [5, 5.41) is 2.64. The van der Waals surface area contributed by atoms with Gasteiger partial charge in [-0.25, -0.2) is 4.98 Å². The number of halogens is 4. The van der Waals surface area contributed by atoms with Crippen LogP contribution in [0.1, 0.15) is 38.2 Å². The predicted octanol–water partition coefficient (Wildman–Crippen LogP) is 4.07. The Balaban J connectivity index is 1.50. The Hall–Kier alpha value is -1.50. The second kappa shape index (κ2) is 7.02. The maximum atomic E-state index is 12.6. The molecule has 0 aromatic carbocycles. The Morgan fingerprint density at radius 2 is 2.20 bits per heavy atom. The molecular formula is C17H20ClF3N2O2. The quantitative estimate of drug-likeness (QED) is 0.842. The highest BCUT2D eigenvalue weighted by Crippen LogP contribution is 2.49. The number of amides is 1. The number of carbonyl (C=O) groups excluding carboxylic acids is 1. The Morgan fingerprint density at radius 3 is 2.76 bits per heavy atom. The van der Waals surface area contributed by atoms with Gasteiger partial charge in [0, 0.05) is 12.2 Å². The van der Waals surface area contributed by atoms with Crippen molar-refractivity contribution < 1.29 is 22.7 Å². The third-order valence-corrected chi connectivity index (χ3v) is 5.57. The second-order valence-corrected chi connectivity index (χ2v) is 7.40. The molecule has 0 spiro atoms. The molecule has 8 heteroatoms. The van der Waals surface area contributed by atoms with Crippen molar-refractivity contribution in [3.8, 4) is 5.88 Å². The van der Waals surface area contributed by atoms with E-state index in [0.29, 0.717) is 18.0 Å². The zero-order valence-electron chi connectivity index (χ0n) is 13.8. The third-order valence-electron chi connectivity index (χ3n) is 5.30. The van der Waals surface area contributed by atoms with Crippen LogP contribution in [0.5, 0.6) is 5.88 Å². The van der Waals surface area contributed by atoms with Crippen molar-refractivity contribution in [2.24, 2.45) is 17.8 Å². The van der Waals surface area contributed by atoms with Crippen LogP contribution in [-0.4, -0.2) is 23.5 Å². The predicted molar refractivity (Wildman–Crippen MR) is 86.3 cm³/mol. The molecule has 1 N–H and O–H groups in total. The number of fused-ring (bicyclic) bond motifs is 2. The summed E-state index contributed by atoms with van der Waals surface area (Å²) in [5.41, 5.74) is -0.959. The number of aromatic nitrogens is 1. The summed E-state index contributed by atoms with van der Waals surface area (Å²) >= 11 is 5.75. The number of nitrogens with zero attached hydrogens (tertiary/aromatic N) is 1. The van der Waals surface area contributed by atoms with Crippen molar-refractivity contribution in [3.63, 3.8) is 0 Å². The van der Waals surface area contributed by atoms with Gasteiger partial charge in [0.1, 0.15) is 5.02 Å². The van der Waals surface area contributed by atoms with E-state index in [0.717, 1.165) is 18.4 Å². The fourth-order valence-electron chi connectivity index (χ4n) is 4.13. The molecule has 0 radical (unpaired) electrons. The molecule has 4 nitrogen and oxygen atoms in total. The first kappa shape index (κ1) is 18.3. The van der Waals surface area contributed by atoms with Crippen LogP contribution >= 0.6 is 11.6 Å². The molecule has 3 rings (SSSR count). The van der Waals surface area contributed by atoms with Crippen LogP contribution in [0.15, 0.2) is 12.3 Å². The molecule has 2 aliphatic rings. The minimum Gasteiger partial charge on any atom is -0.467 e. The van der Waals surface area contributed by atoms with Crippen LogP contribution in [0.3, 0.4) is 0 Å². The van der Waals surface area contributed by atoms with E-state index in [4.69, 9.17) is 16.3 Å². The Kier molecular flexibility index (Phi) is 5.14. The average Bonchev–Trinajstić information content (AvgIpc) is 3.15. The van der Waals surface area contributed by atoms with Gasteiger partial charge >= 0.3 is 6.18 Å². The van der Waals surface area contributed by atoms with Gasteiger partial charge in [-0.15, -0.1) is 0 Å².